The van der Waals surface area contributed by atoms with Crippen molar-refractivity contribution in [3.63, 3.8) is 0 Å². The highest BCUT2D eigenvalue weighted by Gasteiger charge is 2.32. The van der Waals surface area contributed by atoms with Crippen molar-refractivity contribution in [2.45, 2.75) is 45.2 Å². The van der Waals surface area contributed by atoms with Crippen LogP contribution in [0.15, 0.2) is 23.9 Å². The van der Waals surface area contributed by atoms with Crippen molar-refractivity contribution in [3.05, 3.63) is 45.9 Å². The van der Waals surface area contributed by atoms with Gasteiger partial charge in [0.05, 0.1) is 16.3 Å². The van der Waals surface area contributed by atoms with Gasteiger partial charge < -0.3 is 5.32 Å². The Labute approximate surface area is 154 Å². The molecule has 4 nitrogen and oxygen atoms in total. The number of aromatic nitrogens is 2. The van der Waals surface area contributed by atoms with Crippen molar-refractivity contribution < 1.29 is 18.0 Å². The molecule has 0 unspecified atom stereocenters. The van der Waals surface area contributed by atoms with Gasteiger partial charge >= 0.3 is 6.18 Å². The molecule has 0 radical (unpaired) electrons. The number of halogens is 4. The van der Waals surface area contributed by atoms with Gasteiger partial charge in [0, 0.05) is 12.7 Å². The Kier molecular flexibility index (Phi) is 5.27. The van der Waals surface area contributed by atoms with E-state index in [0.29, 0.717) is 12.2 Å². The molecule has 1 amide bonds. The predicted molar refractivity (Wildman–Crippen MR) is 93.4 cm³/mol. The number of nitrogens with zero attached hydrogens (tertiary/aromatic N) is 2. The summed E-state index contributed by atoms with van der Waals surface area (Å²) < 4.78 is 40.3. The van der Waals surface area contributed by atoms with E-state index >= 15 is 0 Å². The number of fused-ring (bicyclic) bond motifs is 1. The summed E-state index contributed by atoms with van der Waals surface area (Å²) in [6.45, 7) is 2.01. The van der Waals surface area contributed by atoms with Crippen molar-refractivity contribution in [2.24, 2.45) is 0 Å². The molecule has 0 saturated heterocycles. The van der Waals surface area contributed by atoms with E-state index in [1.54, 1.807) is 6.92 Å². The SMILES string of the molecule is Cc1nc2c(Cl)cc(C(F)(F)F)cn2c1C(=O)NCCC1=CCCCC1. The molecule has 26 heavy (non-hydrogen) atoms. The lowest BCUT2D eigenvalue weighted by Crippen LogP contribution is -2.27. The fourth-order valence-corrected chi connectivity index (χ4v) is 3.45. The molecule has 0 aliphatic heterocycles. The molecular formula is C18H19ClF3N3O. The molecule has 140 valence electrons. The molecule has 2 aromatic heterocycles. The van der Waals surface area contributed by atoms with Gasteiger partial charge in [-0.2, -0.15) is 13.2 Å². The molecule has 1 N–H and O–H groups in total. The minimum Gasteiger partial charge on any atom is -0.350 e. The second-order valence-electron chi connectivity index (χ2n) is 6.43. The molecule has 0 saturated carbocycles. The highest BCUT2D eigenvalue weighted by molar-refractivity contribution is 6.33. The molecule has 1 aliphatic carbocycles. The van der Waals surface area contributed by atoms with Gasteiger partial charge in [0.1, 0.15) is 5.69 Å². The number of pyridine rings is 1. The number of alkyl halides is 3. The largest absolute Gasteiger partial charge is 0.417 e. The summed E-state index contributed by atoms with van der Waals surface area (Å²) in [5, 5.41) is 2.63. The van der Waals surface area contributed by atoms with Gasteiger partial charge in [0.15, 0.2) is 5.65 Å². The monoisotopic (exact) mass is 385 g/mol. The predicted octanol–water partition coefficient (Wildman–Crippen LogP) is 4.94. The second kappa shape index (κ2) is 7.31. The molecule has 2 heterocycles. The maximum Gasteiger partial charge on any atom is 0.417 e. The van der Waals surface area contributed by atoms with Crippen molar-refractivity contribution in [2.75, 3.05) is 6.54 Å². The molecule has 0 aromatic carbocycles. The Hall–Kier alpha value is -2.02. The maximum absolute atomic E-state index is 13.0. The number of allylic oxidation sites excluding steroid dienone is 1. The van der Waals surface area contributed by atoms with Crippen LogP contribution < -0.4 is 5.32 Å². The molecule has 0 atom stereocenters. The fraction of sp³-hybridized carbons (Fsp3) is 0.444. The summed E-state index contributed by atoms with van der Waals surface area (Å²) in [5.41, 5.74) is 0.936. The first-order chi connectivity index (χ1) is 12.3. The summed E-state index contributed by atoms with van der Waals surface area (Å²) in [6.07, 6.45) is 3.70. The van der Waals surface area contributed by atoms with Crippen LogP contribution in [0.25, 0.3) is 5.65 Å². The maximum atomic E-state index is 13.0. The van der Waals surface area contributed by atoms with Crippen LogP contribution >= 0.6 is 11.6 Å². The standard InChI is InChI=1S/C18H19ClF3N3O/c1-11-15(17(26)23-8-7-12-5-3-2-4-6-12)25-10-13(18(20,21)22)9-14(19)16(25)24-11/h5,9-10H,2-4,6-8H2,1H3,(H,23,26). The van der Waals surface area contributed by atoms with Gasteiger partial charge in [0.25, 0.3) is 5.91 Å². The summed E-state index contributed by atoms with van der Waals surface area (Å²) in [5.74, 6) is -0.457. The van der Waals surface area contributed by atoms with Crippen LogP contribution in [0.4, 0.5) is 13.2 Å². The van der Waals surface area contributed by atoms with E-state index in [-0.39, 0.29) is 16.4 Å². The van der Waals surface area contributed by atoms with Gasteiger partial charge in [-0.1, -0.05) is 23.3 Å². The number of rotatable bonds is 4. The molecule has 1 aliphatic rings. The number of amides is 1. The van der Waals surface area contributed by atoms with Gasteiger partial charge in [-0.15, -0.1) is 0 Å². The summed E-state index contributed by atoms with van der Waals surface area (Å²) in [6, 6.07) is 0.820. The van der Waals surface area contributed by atoms with Crippen LogP contribution in [0.1, 0.15) is 53.8 Å². The Morgan fingerprint density at radius 2 is 2.15 bits per heavy atom. The van der Waals surface area contributed by atoms with E-state index in [1.165, 1.54) is 12.0 Å². The number of imidazole rings is 1. The summed E-state index contributed by atoms with van der Waals surface area (Å²) >= 11 is 5.94. The zero-order chi connectivity index (χ0) is 18.9. The van der Waals surface area contributed by atoms with Crippen LogP contribution in [-0.4, -0.2) is 21.8 Å². The van der Waals surface area contributed by atoms with E-state index in [9.17, 15) is 18.0 Å². The van der Waals surface area contributed by atoms with Crippen LogP contribution in [-0.2, 0) is 6.18 Å². The minimum absolute atomic E-state index is 0.0747. The van der Waals surface area contributed by atoms with Gasteiger partial charge in [-0.25, -0.2) is 4.98 Å². The molecule has 8 heteroatoms. The normalized spacial score (nSPS) is 15.2. The first-order valence-corrected chi connectivity index (χ1v) is 8.86. The molecule has 2 aromatic rings. The second-order valence-corrected chi connectivity index (χ2v) is 6.84. The average molecular weight is 386 g/mol. The van der Waals surface area contributed by atoms with Crippen molar-refractivity contribution in [3.8, 4) is 0 Å². The lowest BCUT2D eigenvalue weighted by molar-refractivity contribution is -0.137. The number of aryl methyl sites for hydroxylation is 1. The number of carbonyl (C=O) groups is 1. The molecular weight excluding hydrogens is 367 g/mol. The van der Waals surface area contributed by atoms with Crippen LogP contribution in [0.2, 0.25) is 5.02 Å². The molecule has 0 spiro atoms. The first kappa shape index (κ1) is 18.8. The highest BCUT2D eigenvalue weighted by atomic mass is 35.5. The summed E-state index contributed by atoms with van der Waals surface area (Å²) in [4.78, 5) is 16.7. The Balaban J connectivity index is 1.84. The Morgan fingerprint density at radius 3 is 2.81 bits per heavy atom. The van der Waals surface area contributed by atoms with Gasteiger partial charge in [-0.05, 0) is 45.1 Å². The minimum atomic E-state index is -4.56. The zero-order valence-electron chi connectivity index (χ0n) is 14.3. The average Bonchev–Trinajstić information content (AvgIpc) is 2.91. The lowest BCUT2D eigenvalue weighted by Gasteiger charge is -2.13. The van der Waals surface area contributed by atoms with Gasteiger partial charge in [0.2, 0.25) is 0 Å². The van der Waals surface area contributed by atoms with Crippen LogP contribution in [0, 0.1) is 6.92 Å². The fourth-order valence-electron chi connectivity index (χ4n) is 3.20. The topological polar surface area (TPSA) is 46.4 Å². The summed E-state index contributed by atoms with van der Waals surface area (Å²) in [7, 11) is 0. The Morgan fingerprint density at radius 1 is 1.38 bits per heavy atom. The number of hydrogen-bond acceptors (Lipinski definition) is 2. The third-order valence-corrected chi connectivity index (χ3v) is 4.79. The van der Waals surface area contributed by atoms with Crippen LogP contribution in [0.5, 0.6) is 0 Å². The third kappa shape index (κ3) is 3.87. The molecule has 0 bridgehead atoms. The Bertz CT molecular complexity index is 871. The smallest absolute Gasteiger partial charge is 0.350 e. The van der Waals surface area contributed by atoms with Gasteiger partial charge in [-0.3, -0.25) is 9.20 Å². The van der Waals surface area contributed by atoms with Crippen molar-refractivity contribution in [1.82, 2.24) is 14.7 Å². The number of nitrogens with one attached hydrogen (secondary N) is 1. The van der Waals surface area contributed by atoms with Crippen molar-refractivity contribution >= 4 is 23.2 Å². The van der Waals surface area contributed by atoms with Crippen molar-refractivity contribution in [1.29, 1.82) is 0 Å². The third-order valence-electron chi connectivity index (χ3n) is 4.51. The van der Waals surface area contributed by atoms with E-state index < -0.39 is 17.6 Å². The highest BCUT2D eigenvalue weighted by Crippen LogP contribution is 2.33. The lowest BCUT2D eigenvalue weighted by atomic mass is 9.97. The van der Waals surface area contributed by atoms with E-state index in [1.807, 2.05) is 0 Å². The molecule has 3 rings (SSSR count). The quantitative estimate of drug-likeness (QED) is 0.758. The number of carbonyl (C=O) groups excluding carboxylic acids is 1. The van der Waals surface area contributed by atoms with E-state index in [0.717, 1.165) is 42.3 Å². The number of hydrogen-bond donors (Lipinski definition) is 1. The van der Waals surface area contributed by atoms with Crippen LogP contribution in [0.3, 0.4) is 0 Å². The molecule has 0 fully saturated rings. The first-order valence-electron chi connectivity index (χ1n) is 8.49. The zero-order valence-corrected chi connectivity index (χ0v) is 15.0. The van der Waals surface area contributed by atoms with E-state index in [2.05, 4.69) is 16.4 Å². The van der Waals surface area contributed by atoms with E-state index in [4.69, 9.17) is 11.6 Å².